The lowest BCUT2D eigenvalue weighted by Crippen LogP contribution is -2.15. The highest BCUT2D eigenvalue weighted by molar-refractivity contribution is 5.43. The van der Waals surface area contributed by atoms with Gasteiger partial charge in [-0.1, -0.05) is 12.1 Å². The average molecular weight is 148 g/mol. The van der Waals surface area contributed by atoms with Crippen molar-refractivity contribution in [3.05, 3.63) is 30.3 Å². The number of hydrogen-bond donors (Lipinski definition) is 0. The van der Waals surface area contributed by atoms with Crippen molar-refractivity contribution in [3.63, 3.8) is 0 Å². The van der Waals surface area contributed by atoms with E-state index in [9.17, 15) is 0 Å². The van der Waals surface area contributed by atoms with Crippen LogP contribution in [0.3, 0.4) is 0 Å². The summed E-state index contributed by atoms with van der Waals surface area (Å²) in [5.74, 6) is 0. The number of benzene rings is 1. The first kappa shape index (κ1) is 6.68. The summed E-state index contributed by atoms with van der Waals surface area (Å²) in [5, 5.41) is 1.92. The topological polar surface area (TPSA) is 12.5 Å². The van der Waals surface area contributed by atoms with E-state index in [2.05, 4.69) is 6.07 Å². The van der Waals surface area contributed by atoms with Gasteiger partial charge < -0.3 is 0 Å². The van der Waals surface area contributed by atoms with Crippen LogP contribution in [0.15, 0.2) is 24.3 Å². The maximum atomic E-state index is 5.36. The highest BCUT2D eigenvalue weighted by Crippen LogP contribution is 2.17. The lowest BCUT2D eigenvalue weighted by molar-refractivity contribution is 0.168. The normalized spacial score (nSPS) is 17.3. The summed E-state index contributed by atoms with van der Waals surface area (Å²) >= 11 is 0. The van der Waals surface area contributed by atoms with E-state index in [0.29, 0.717) is 0 Å². The zero-order chi connectivity index (χ0) is 7.52. The average Bonchev–Trinajstić information content (AvgIpc) is 2.58. The van der Waals surface area contributed by atoms with E-state index in [1.54, 1.807) is 0 Å². The van der Waals surface area contributed by atoms with Gasteiger partial charge in [0.15, 0.2) is 0 Å². The van der Waals surface area contributed by atoms with Gasteiger partial charge in [-0.15, -0.1) is 0 Å². The van der Waals surface area contributed by atoms with E-state index in [-0.39, 0.29) is 0 Å². The zero-order valence-corrected chi connectivity index (χ0v) is 6.29. The second-order valence-corrected chi connectivity index (χ2v) is 2.55. The van der Waals surface area contributed by atoms with Crippen molar-refractivity contribution in [3.8, 4) is 0 Å². The highest BCUT2D eigenvalue weighted by Gasteiger charge is 2.11. The molecule has 0 atom stereocenters. The highest BCUT2D eigenvalue weighted by atomic mass is 16.7. The minimum Gasteiger partial charge on any atom is -0.273 e. The SMILES string of the molecule is [c]1ccc(N2CCCO2)cc1. The van der Waals surface area contributed by atoms with Gasteiger partial charge >= 0.3 is 0 Å². The van der Waals surface area contributed by atoms with Crippen LogP contribution in [-0.2, 0) is 4.84 Å². The Morgan fingerprint density at radius 2 is 2.18 bits per heavy atom. The Kier molecular flexibility index (Phi) is 1.78. The van der Waals surface area contributed by atoms with Crippen molar-refractivity contribution in [1.29, 1.82) is 0 Å². The lowest BCUT2D eigenvalue weighted by Gasteiger charge is -2.14. The maximum absolute atomic E-state index is 5.36. The van der Waals surface area contributed by atoms with Crippen LogP contribution in [0, 0.1) is 6.07 Å². The third-order valence-corrected chi connectivity index (χ3v) is 1.74. The van der Waals surface area contributed by atoms with Crippen molar-refractivity contribution in [1.82, 2.24) is 0 Å². The van der Waals surface area contributed by atoms with Crippen molar-refractivity contribution in [2.24, 2.45) is 0 Å². The van der Waals surface area contributed by atoms with E-state index in [0.717, 1.165) is 25.3 Å². The van der Waals surface area contributed by atoms with Crippen LogP contribution in [0.1, 0.15) is 6.42 Å². The minimum atomic E-state index is 0.846. The molecule has 2 rings (SSSR count). The molecule has 1 aromatic rings. The summed E-state index contributed by atoms with van der Waals surface area (Å²) in [6, 6.07) is 10.8. The van der Waals surface area contributed by atoms with E-state index >= 15 is 0 Å². The lowest BCUT2D eigenvalue weighted by atomic mass is 10.3. The zero-order valence-electron chi connectivity index (χ0n) is 6.29. The molecule has 2 heteroatoms. The number of anilines is 1. The van der Waals surface area contributed by atoms with Crippen LogP contribution in [0.25, 0.3) is 0 Å². The number of hydrogen-bond acceptors (Lipinski definition) is 2. The monoisotopic (exact) mass is 148 g/mol. The van der Waals surface area contributed by atoms with Gasteiger partial charge in [-0.05, 0) is 24.6 Å². The molecular weight excluding hydrogens is 138 g/mol. The summed E-state index contributed by atoms with van der Waals surface area (Å²) in [6.45, 7) is 1.85. The van der Waals surface area contributed by atoms with Crippen molar-refractivity contribution in [2.45, 2.75) is 6.42 Å². The minimum absolute atomic E-state index is 0.846. The van der Waals surface area contributed by atoms with E-state index in [1.165, 1.54) is 0 Å². The van der Waals surface area contributed by atoms with Crippen molar-refractivity contribution >= 4 is 5.69 Å². The predicted octanol–water partition coefficient (Wildman–Crippen LogP) is 1.63. The molecule has 0 aliphatic carbocycles. The Balaban J connectivity index is 2.16. The van der Waals surface area contributed by atoms with Gasteiger partial charge in [-0.2, -0.15) is 0 Å². The van der Waals surface area contributed by atoms with Gasteiger partial charge in [-0.3, -0.25) is 9.90 Å². The Morgan fingerprint density at radius 1 is 1.36 bits per heavy atom. The molecule has 0 bridgehead atoms. The molecule has 0 saturated carbocycles. The Labute approximate surface area is 66.3 Å². The van der Waals surface area contributed by atoms with Crippen LogP contribution in [-0.4, -0.2) is 13.2 Å². The molecule has 11 heavy (non-hydrogen) atoms. The number of rotatable bonds is 1. The third kappa shape index (κ3) is 1.35. The predicted molar refractivity (Wildman–Crippen MR) is 43.2 cm³/mol. The Morgan fingerprint density at radius 3 is 2.82 bits per heavy atom. The molecular formula is C9H10NO. The molecule has 1 aliphatic heterocycles. The van der Waals surface area contributed by atoms with Crippen LogP contribution >= 0.6 is 0 Å². The smallest absolute Gasteiger partial charge is 0.0766 e. The van der Waals surface area contributed by atoms with Gasteiger partial charge in [0.1, 0.15) is 0 Å². The van der Waals surface area contributed by atoms with E-state index in [1.807, 2.05) is 29.3 Å². The van der Waals surface area contributed by atoms with Crippen LogP contribution in [0.5, 0.6) is 0 Å². The van der Waals surface area contributed by atoms with Crippen molar-refractivity contribution < 1.29 is 4.84 Å². The second kappa shape index (κ2) is 2.93. The first-order valence-electron chi connectivity index (χ1n) is 3.83. The van der Waals surface area contributed by atoms with Gasteiger partial charge in [0.05, 0.1) is 12.3 Å². The number of hydroxylamine groups is 1. The van der Waals surface area contributed by atoms with Gasteiger partial charge in [0, 0.05) is 6.54 Å². The Hall–Kier alpha value is -1.02. The maximum Gasteiger partial charge on any atom is 0.0766 e. The summed E-state index contributed by atoms with van der Waals surface area (Å²) in [4.78, 5) is 5.36. The fourth-order valence-corrected chi connectivity index (χ4v) is 1.20. The molecule has 0 amide bonds. The van der Waals surface area contributed by atoms with Crippen LogP contribution in [0.4, 0.5) is 5.69 Å². The first-order valence-corrected chi connectivity index (χ1v) is 3.83. The van der Waals surface area contributed by atoms with Crippen LogP contribution < -0.4 is 5.06 Å². The molecule has 0 spiro atoms. The molecule has 1 fully saturated rings. The third-order valence-electron chi connectivity index (χ3n) is 1.74. The Bertz CT molecular complexity index is 216. The van der Waals surface area contributed by atoms with Crippen LogP contribution in [0.2, 0.25) is 0 Å². The standard InChI is InChI=1S/C9H10NO/c1-2-5-9(6-3-1)10-7-4-8-11-10/h2-3,5-6H,4,7-8H2. The van der Waals surface area contributed by atoms with Crippen molar-refractivity contribution in [2.75, 3.05) is 18.2 Å². The van der Waals surface area contributed by atoms with Gasteiger partial charge in [0.2, 0.25) is 0 Å². The molecule has 1 heterocycles. The molecule has 1 aliphatic rings. The first-order chi connectivity index (χ1) is 5.47. The molecule has 0 aromatic heterocycles. The fraction of sp³-hybridized carbons (Fsp3) is 0.333. The second-order valence-electron chi connectivity index (χ2n) is 2.55. The number of nitrogens with zero attached hydrogens (tertiary/aromatic N) is 1. The van der Waals surface area contributed by atoms with E-state index in [4.69, 9.17) is 4.84 Å². The van der Waals surface area contributed by atoms with E-state index < -0.39 is 0 Å². The summed E-state index contributed by atoms with van der Waals surface area (Å²) in [5.41, 5.74) is 1.13. The van der Waals surface area contributed by atoms with Gasteiger partial charge in [0.25, 0.3) is 0 Å². The molecule has 0 unspecified atom stereocenters. The fourth-order valence-electron chi connectivity index (χ4n) is 1.20. The molecule has 1 radical (unpaired) electrons. The summed E-state index contributed by atoms with van der Waals surface area (Å²) in [7, 11) is 0. The molecule has 0 N–H and O–H groups in total. The molecule has 2 nitrogen and oxygen atoms in total. The quantitative estimate of drug-likeness (QED) is 0.600. The molecule has 57 valence electrons. The van der Waals surface area contributed by atoms with Gasteiger partial charge in [-0.25, -0.2) is 0 Å². The largest absolute Gasteiger partial charge is 0.273 e. The summed E-state index contributed by atoms with van der Waals surface area (Å²) in [6.07, 6.45) is 1.12. The molecule has 1 aromatic carbocycles. The summed E-state index contributed by atoms with van der Waals surface area (Å²) < 4.78 is 0. The molecule has 1 saturated heterocycles.